The number of benzene rings is 1. The second-order valence-corrected chi connectivity index (χ2v) is 6.70. The third-order valence-corrected chi connectivity index (χ3v) is 5.17. The number of hydrogen-bond donors (Lipinski definition) is 2. The first-order chi connectivity index (χ1) is 11.1. The van der Waals surface area contributed by atoms with Gasteiger partial charge >= 0.3 is 11.8 Å². The van der Waals surface area contributed by atoms with Crippen LogP contribution in [0.25, 0.3) is 0 Å². The lowest BCUT2D eigenvalue weighted by Gasteiger charge is -2.14. The van der Waals surface area contributed by atoms with Gasteiger partial charge in [-0.15, -0.1) is 11.3 Å². The van der Waals surface area contributed by atoms with Crippen molar-refractivity contribution in [2.24, 2.45) is 0 Å². The summed E-state index contributed by atoms with van der Waals surface area (Å²) in [5.74, 6) is -1.63. The highest BCUT2D eigenvalue weighted by Crippen LogP contribution is 2.49. The summed E-state index contributed by atoms with van der Waals surface area (Å²) in [5.41, 5.74) is 0.755. The monoisotopic (exact) mass is 332 g/mol. The SMILES string of the molecule is O=C(NCc1ccc(F)cc1)C(=O)NCC1(c2cccs2)CC1. The predicted octanol–water partition coefficient (Wildman–Crippen LogP) is 2.35. The first-order valence-electron chi connectivity index (χ1n) is 7.44. The zero-order chi connectivity index (χ0) is 16.3. The number of hydrogen-bond acceptors (Lipinski definition) is 3. The molecule has 0 radical (unpaired) electrons. The molecule has 6 heteroatoms. The maximum Gasteiger partial charge on any atom is 0.309 e. The standard InChI is InChI=1S/C17H17FN2O2S/c18-13-5-3-12(4-6-13)10-19-15(21)16(22)20-11-17(7-8-17)14-2-1-9-23-14/h1-6,9H,7-8,10-11H2,(H,19,21)(H,20,22). The van der Waals surface area contributed by atoms with Gasteiger partial charge in [0.15, 0.2) is 0 Å². The minimum absolute atomic E-state index is 0.0149. The zero-order valence-corrected chi connectivity index (χ0v) is 13.3. The van der Waals surface area contributed by atoms with E-state index in [-0.39, 0.29) is 17.8 Å². The van der Waals surface area contributed by atoms with E-state index in [2.05, 4.69) is 16.7 Å². The molecule has 0 unspecified atom stereocenters. The third-order valence-electron chi connectivity index (χ3n) is 4.06. The van der Waals surface area contributed by atoms with Crippen LogP contribution in [0.3, 0.4) is 0 Å². The largest absolute Gasteiger partial charge is 0.347 e. The Balaban J connectivity index is 1.47. The Morgan fingerprint density at radius 3 is 2.39 bits per heavy atom. The molecule has 1 aromatic heterocycles. The van der Waals surface area contributed by atoms with E-state index in [1.54, 1.807) is 23.5 Å². The molecular formula is C17H17FN2O2S. The molecule has 1 fully saturated rings. The van der Waals surface area contributed by atoms with Crippen LogP contribution in [-0.4, -0.2) is 18.4 Å². The van der Waals surface area contributed by atoms with Gasteiger partial charge in [0.05, 0.1) is 0 Å². The van der Waals surface area contributed by atoms with Gasteiger partial charge in [-0.1, -0.05) is 18.2 Å². The van der Waals surface area contributed by atoms with Crippen LogP contribution in [0.15, 0.2) is 41.8 Å². The third kappa shape index (κ3) is 3.76. The van der Waals surface area contributed by atoms with Gasteiger partial charge < -0.3 is 10.6 Å². The van der Waals surface area contributed by atoms with Crippen molar-refractivity contribution in [2.75, 3.05) is 6.54 Å². The zero-order valence-electron chi connectivity index (χ0n) is 12.5. The van der Waals surface area contributed by atoms with E-state index in [0.29, 0.717) is 6.54 Å². The van der Waals surface area contributed by atoms with Gasteiger partial charge in [-0.05, 0) is 42.0 Å². The van der Waals surface area contributed by atoms with Crippen LogP contribution < -0.4 is 10.6 Å². The molecule has 0 saturated heterocycles. The molecule has 23 heavy (non-hydrogen) atoms. The van der Waals surface area contributed by atoms with E-state index >= 15 is 0 Å². The average molecular weight is 332 g/mol. The molecule has 3 rings (SSSR count). The Labute approximate surface area is 137 Å². The van der Waals surface area contributed by atoms with Crippen molar-refractivity contribution < 1.29 is 14.0 Å². The highest BCUT2D eigenvalue weighted by Gasteiger charge is 2.45. The molecule has 1 aliphatic carbocycles. The molecule has 0 atom stereocenters. The molecule has 1 heterocycles. The molecule has 2 N–H and O–H groups in total. The summed E-state index contributed by atoms with van der Waals surface area (Å²) in [7, 11) is 0. The Hall–Kier alpha value is -2.21. The molecular weight excluding hydrogens is 315 g/mol. The van der Waals surface area contributed by atoms with Crippen LogP contribution in [0.2, 0.25) is 0 Å². The highest BCUT2D eigenvalue weighted by molar-refractivity contribution is 7.10. The summed E-state index contributed by atoms with van der Waals surface area (Å²) >= 11 is 1.68. The van der Waals surface area contributed by atoms with Crippen LogP contribution in [0, 0.1) is 5.82 Å². The number of amides is 2. The van der Waals surface area contributed by atoms with Crippen molar-refractivity contribution in [3.63, 3.8) is 0 Å². The fraction of sp³-hybridized carbons (Fsp3) is 0.294. The molecule has 1 aromatic carbocycles. The van der Waals surface area contributed by atoms with Crippen molar-refractivity contribution in [1.82, 2.24) is 10.6 Å². The van der Waals surface area contributed by atoms with Crippen molar-refractivity contribution in [3.05, 3.63) is 58.0 Å². The quantitative estimate of drug-likeness (QED) is 0.826. The minimum atomic E-state index is -0.670. The second-order valence-electron chi connectivity index (χ2n) is 5.75. The predicted molar refractivity (Wildman–Crippen MR) is 86.5 cm³/mol. The van der Waals surface area contributed by atoms with Gasteiger partial charge in [0.2, 0.25) is 0 Å². The topological polar surface area (TPSA) is 58.2 Å². The lowest BCUT2D eigenvalue weighted by molar-refractivity contribution is -0.139. The maximum absolute atomic E-state index is 12.8. The first kappa shape index (κ1) is 15.7. The van der Waals surface area contributed by atoms with Gasteiger partial charge in [-0.3, -0.25) is 9.59 Å². The van der Waals surface area contributed by atoms with Crippen LogP contribution in [0.4, 0.5) is 4.39 Å². The molecule has 4 nitrogen and oxygen atoms in total. The molecule has 2 amide bonds. The number of nitrogens with one attached hydrogen (secondary N) is 2. The number of carbonyl (C=O) groups excluding carboxylic acids is 2. The Bertz CT molecular complexity index is 694. The van der Waals surface area contributed by atoms with E-state index < -0.39 is 11.8 Å². The van der Waals surface area contributed by atoms with E-state index in [4.69, 9.17) is 0 Å². The van der Waals surface area contributed by atoms with Crippen molar-refractivity contribution in [2.45, 2.75) is 24.8 Å². The molecule has 1 aliphatic rings. The summed E-state index contributed by atoms with van der Waals surface area (Å²) in [5, 5.41) is 7.27. The van der Waals surface area contributed by atoms with E-state index in [9.17, 15) is 14.0 Å². The summed E-state index contributed by atoms with van der Waals surface area (Å²) in [6.45, 7) is 0.679. The number of carbonyl (C=O) groups is 2. The second kappa shape index (κ2) is 6.50. The van der Waals surface area contributed by atoms with Gasteiger partial charge in [0.25, 0.3) is 0 Å². The summed E-state index contributed by atoms with van der Waals surface area (Å²) in [6.07, 6.45) is 2.07. The highest BCUT2D eigenvalue weighted by atomic mass is 32.1. The van der Waals surface area contributed by atoms with Gasteiger partial charge in [-0.25, -0.2) is 4.39 Å². The smallest absolute Gasteiger partial charge is 0.309 e. The maximum atomic E-state index is 12.8. The molecule has 1 saturated carbocycles. The van der Waals surface area contributed by atoms with Gasteiger partial charge in [-0.2, -0.15) is 0 Å². The van der Waals surface area contributed by atoms with E-state index in [1.165, 1.54) is 17.0 Å². The van der Waals surface area contributed by atoms with Gasteiger partial charge in [0, 0.05) is 23.4 Å². The molecule has 0 spiro atoms. The van der Waals surface area contributed by atoms with Gasteiger partial charge in [0.1, 0.15) is 5.82 Å². The Morgan fingerprint density at radius 2 is 1.78 bits per heavy atom. The summed E-state index contributed by atoms with van der Waals surface area (Å²) < 4.78 is 12.8. The van der Waals surface area contributed by atoms with Crippen LogP contribution in [0.1, 0.15) is 23.3 Å². The molecule has 2 aromatic rings. The Kier molecular flexibility index (Phi) is 4.43. The fourth-order valence-electron chi connectivity index (χ4n) is 2.44. The lowest BCUT2D eigenvalue weighted by Crippen LogP contribution is -2.42. The minimum Gasteiger partial charge on any atom is -0.347 e. The summed E-state index contributed by atoms with van der Waals surface area (Å²) in [6, 6.07) is 9.85. The fourth-order valence-corrected chi connectivity index (χ4v) is 3.42. The molecule has 0 aliphatic heterocycles. The van der Waals surface area contributed by atoms with Crippen LogP contribution in [0.5, 0.6) is 0 Å². The number of halogens is 1. The van der Waals surface area contributed by atoms with Crippen LogP contribution in [-0.2, 0) is 21.5 Å². The molecule has 0 bridgehead atoms. The first-order valence-corrected chi connectivity index (χ1v) is 8.31. The normalized spacial score (nSPS) is 15.0. The molecule has 120 valence electrons. The number of rotatable bonds is 5. The summed E-state index contributed by atoms with van der Waals surface area (Å²) in [4.78, 5) is 24.9. The number of thiophene rings is 1. The van der Waals surface area contributed by atoms with Crippen molar-refractivity contribution >= 4 is 23.2 Å². The van der Waals surface area contributed by atoms with Crippen molar-refractivity contribution in [1.29, 1.82) is 0 Å². The lowest BCUT2D eigenvalue weighted by atomic mass is 10.1. The van der Waals surface area contributed by atoms with Crippen LogP contribution >= 0.6 is 11.3 Å². The van der Waals surface area contributed by atoms with E-state index in [0.717, 1.165) is 18.4 Å². The average Bonchev–Trinajstić information content (AvgIpc) is 3.14. The van der Waals surface area contributed by atoms with E-state index in [1.807, 2.05) is 11.4 Å². The Morgan fingerprint density at radius 1 is 1.09 bits per heavy atom. The van der Waals surface area contributed by atoms with Crippen molar-refractivity contribution in [3.8, 4) is 0 Å².